The maximum absolute atomic E-state index is 13.7. The molecule has 8 nitrogen and oxygen atoms in total. The average Bonchev–Trinajstić information content (AvgIpc) is 3.46. The van der Waals surface area contributed by atoms with E-state index in [9.17, 15) is 4.79 Å². The van der Waals surface area contributed by atoms with Crippen molar-refractivity contribution >= 4 is 34.6 Å². The molecule has 1 amide bonds. The normalized spacial score (nSPS) is 17.2. The van der Waals surface area contributed by atoms with Gasteiger partial charge in [-0.05, 0) is 57.0 Å². The molecule has 1 aliphatic heterocycles. The maximum atomic E-state index is 13.7. The molecule has 1 saturated heterocycles. The molecule has 2 aromatic carbocycles. The highest BCUT2D eigenvalue weighted by atomic mass is 35.5. The van der Waals surface area contributed by atoms with Crippen LogP contribution in [-0.4, -0.2) is 56.5 Å². The Labute approximate surface area is 196 Å². The number of benzene rings is 2. The monoisotopic (exact) mass is 464 g/mol. The number of halogens is 1. The van der Waals surface area contributed by atoms with E-state index in [1.165, 1.54) is 4.80 Å². The number of aryl methyl sites for hydroxylation is 1. The molecule has 1 aliphatic rings. The Balaban J connectivity index is 1.42. The zero-order chi connectivity index (χ0) is 22.9. The Morgan fingerprint density at radius 3 is 2.73 bits per heavy atom. The van der Waals surface area contributed by atoms with Crippen LogP contribution in [0.2, 0.25) is 5.02 Å². The molecule has 0 saturated carbocycles. The van der Waals surface area contributed by atoms with E-state index in [0.717, 1.165) is 30.5 Å². The van der Waals surface area contributed by atoms with Gasteiger partial charge in [-0.1, -0.05) is 23.2 Å². The van der Waals surface area contributed by atoms with Gasteiger partial charge in [-0.3, -0.25) is 4.79 Å². The summed E-state index contributed by atoms with van der Waals surface area (Å²) in [5, 5.41) is 9.09. The van der Waals surface area contributed by atoms with Gasteiger partial charge in [-0.2, -0.15) is 20.0 Å². The Bertz CT molecular complexity index is 1290. The minimum atomic E-state index is -0.0234. The smallest absolute Gasteiger partial charge is 0.298 e. The molecule has 9 heteroatoms. The first-order valence-electron chi connectivity index (χ1n) is 11.1. The van der Waals surface area contributed by atoms with Gasteiger partial charge in [0.15, 0.2) is 5.58 Å². The number of carbonyl (C=O) groups excluding carboxylic acids is 1. The van der Waals surface area contributed by atoms with Crippen molar-refractivity contribution in [3.63, 3.8) is 0 Å². The summed E-state index contributed by atoms with van der Waals surface area (Å²) in [6.07, 6.45) is 5.03. The van der Waals surface area contributed by atoms with Gasteiger partial charge in [0.05, 0.1) is 23.6 Å². The highest BCUT2D eigenvalue weighted by Crippen LogP contribution is 2.27. The van der Waals surface area contributed by atoms with Crippen molar-refractivity contribution in [2.45, 2.75) is 32.7 Å². The van der Waals surface area contributed by atoms with Crippen molar-refractivity contribution < 1.29 is 9.21 Å². The minimum absolute atomic E-state index is 0.0234. The van der Waals surface area contributed by atoms with Crippen molar-refractivity contribution in [2.24, 2.45) is 0 Å². The summed E-state index contributed by atoms with van der Waals surface area (Å²) in [6, 6.07) is 11.9. The number of nitrogens with zero attached hydrogens (tertiary/aromatic N) is 6. The number of fused-ring (bicyclic) bond motifs is 1. The molecule has 3 heterocycles. The second kappa shape index (κ2) is 8.86. The molecule has 0 unspecified atom stereocenters. The summed E-state index contributed by atoms with van der Waals surface area (Å²) in [5.41, 5.74) is 3.73. The van der Waals surface area contributed by atoms with Crippen molar-refractivity contribution in [3.05, 3.63) is 64.9 Å². The standard InChI is InChI=1S/C24H25ClN6O2/c1-16-5-7-21(31-26-9-10-27-31)19(14-16)23(32)30-13-12-29(11-3-4-17(30)2)24-28-20-15-18(25)6-8-22(20)33-24/h5-10,14-15,17H,3-4,11-13H2,1-2H3/t17-/m1/s1. The molecule has 33 heavy (non-hydrogen) atoms. The van der Waals surface area contributed by atoms with Crippen LogP contribution in [0, 0.1) is 6.92 Å². The molecule has 0 spiro atoms. The van der Waals surface area contributed by atoms with Gasteiger partial charge in [0.1, 0.15) is 5.52 Å². The SMILES string of the molecule is Cc1ccc(-n2nccn2)c(C(=O)N2CCN(c3nc4cc(Cl)ccc4o3)CCC[C@H]2C)c1. The van der Waals surface area contributed by atoms with E-state index < -0.39 is 0 Å². The summed E-state index contributed by atoms with van der Waals surface area (Å²) < 4.78 is 5.98. The van der Waals surface area contributed by atoms with Crippen LogP contribution in [-0.2, 0) is 0 Å². The number of carbonyl (C=O) groups is 1. The number of hydrogen-bond donors (Lipinski definition) is 0. The van der Waals surface area contributed by atoms with Gasteiger partial charge >= 0.3 is 0 Å². The van der Waals surface area contributed by atoms with Crippen LogP contribution in [0.1, 0.15) is 35.7 Å². The van der Waals surface area contributed by atoms with E-state index in [2.05, 4.69) is 27.0 Å². The number of oxazole rings is 1. The van der Waals surface area contributed by atoms with E-state index in [1.807, 2.05) is 36.1 Å². The van der Waals surface area contributed by atoms with Crippen molar-refractivity contribution in [1.82, 2.24) is 24.9 Å². The summed E-state index contributed by atoms with van der Waals surface area (Å²) in [5.74, 6) is -0.0234. The third kappa shape index (κ3) is 4.30. The first-order chi connectivity index (χ1) is 16.0. The number of anilines is 1. The molecule has 2 aromatic heterocycles. The highest BCUT2D eigenvalue weighted by molar-refractivity contribution is 6.31. The number of aromatic nitrogens is 4. The van der Waals surface area contributed by atoms with Crippen LogP contribution in [0.5, 0.6) is 0 Å². The molecule has 5 rings (SSSR count). The maximum Gasteiger partial charge on any atom is 0.298 e. The van der Waals surface area contributed by atoms with Crippen molar-refractivity contribution in [3.8, 4) is 5.69 Å². The third-order valence-corrected chi connectivity index (χ3v) is 6.31. The molecule has 1 atom stereocenters. The minimum Gasteiger partial charge on any atom is -0.423 e. The summed E-state index contributed by atoms with van der Waals surface area (Å²) in [6.45, 7) is 6.09. The lowest BCUT2D eigenvalue weighted by Gasteiger charge is -2.35. The molecule has 0 bridgehead atoms. The fourth-order valence-electron chi connectivity index (χ4n) is 4.30. The van der Waals surface area contributed by atoms with E-state index >= 15 is 0 Å². The zero-order valence-corrected chi connectivity index (χ0v) is 19.4. The van der Waals surface area contributed by atoms with E-state index in [1.54, 1.807) is 24.5 Å². The molecular weight excluding hydrogens is 440 g/mol. The Hall–Kier alpha value is -3.39. The van der Waals surface area contributed by atoms with Crippen molar-refractivity contribution in [1.29, 1.82) is 0 Å². The predicted octanol–water partition coefficient (Wildman–Crippen LogP) is 4.50. The van der Waals surface area contributed by atoms with Gasteiger partial charge in [-0.25, -0.2) is 0 Å². The lowest BCUT2D eigenvalue weighted by molar-refractivity contribution is 0.0679. The Morgan fingerprint density at radius 2 is 1.91 bits per heavy atom. The van der Waals surface area contributed by atoms with Gasteiger partial charge in [0, 0.05) is 30.7 Å². The van der Waals surface area contributed by atoms with Crippen LogP contribution in [0.25, 0.3) is 16.8 Å². The fourth-order valence-corrected chi connectivity index (χ4v) is 4.47. The second-order valence-corrected chi connectivity index (χ2v) is 8.86. The lowest BCUT2D eigenvalue weighted by Crippen LogP contribution is -2.46. The molecular formula is C24H25ClN6O2. The van der Waals surface area contributed by atoms with Crippen LogP contribution >= 0.6 is 11.6 Å². The highest BCUT2D eigenvalue weighted by Gasteiger charge is 2.28. The van der Waals surface area contributed by atoms with E-state index in [0.29, 0.717) is 41.0 Å². The second-order valence-electron chi connectivity index (χ2n) is 8.42. The van der Waals surface area contributed by atoms with Crippen molar-refractivity contribution in [2.75, 3.05) is 24.5 Å². The number of amides is 1. The number of hydrogen-bond acceptors (Lipinski definition) is 6. The predicted molar refractivity (Wildman–Crippen MR) is 127 cm³/mol. The van der Waals surface area contributed by atoms with Gasteiger partial charge in [0.25, 0.3) is 11.9 Å². The van der Waals surface area contributed by atoms with Crippen LogP contribution < -0.4 is 4.90 Å². The molecule has 4 aromatic rings. The van der Waals surface area contributed by atoms with Gasteiger partial charge in [-0.15, -0.1) is 0 Å². The lowest BCUT2D eigenvalue weighted by atomic mass is 10.0. The molecule has 0 radical (unpaired) electrons. The van der Waals surface area contributed by atoms with E-state index in [-0.39, 0.29) is 11.9 Å². The van der Waals surface area contributed by atoms with Gasteiger partial charge < -0.3 is 14.2 Å². The van der Waals surface area contributed by atoms with Crippen LogP contribution in [0.3, 0.4) is 0 Å². The topological polar surface area (TPSA) is 80.3 Å². The summed E-state index contributed by atoms with van der Waals surface area (Å²) >= 11 is 6.10. The third-order valence-electron chi connectivity index (χ3n) is 6.08. The van der Waals surface area contributed by atoms with E-state index in [4.69, 9.17) is 16.0 Å². The average molecular weight is 465 g/mol. The molecule has 170 valence electrons. The largest absolute Gasteiger partial charge is 0.423 e. The number of rotatable bonds is 3. The molecule has 0 aliphatic carbocycles. The first-order valence-corrected chi connectivity index (χ1v) is 11.5. The fraction of sp³-hybridized carbons (Fsp3) is 0.333. The van der Waals surface area contributed by atoms with Crippen LogP contribution in [0.4, 0.5) is 6.01 Å². The summed E-state index contributed by atoms with van der Waals surface area (Å²) in [4.78, 5) is 23.9. The van der Waals surface area contributed by atoms with Crippen LogP contribution in [0.15, 0.2) is 53.2 Å². The summed E-state index contributed by atoms with van der Waals surface area (Å²) in [7, 11) is 0. The Morgan fingerprint density at radius 1 is 1.09 bits per heavy atom. The van der Waals surface area contributed by atoms with Gasteiger partial charge in [0.2, 0.25) is 0 Å². The zero-order valence-electron chi connectivity index (χ0n) is 18.6. The first kappa shape index (κ1) is 21.5. The molecule has 0 N–H and O–H groups in total. The quantitative estimate of drug-likeness (QED) is 0.444. The Kier molecular flexibility index (Phi) is 5.76. The molecule has 1 fully saturated rings.